The van der Waals surface area contributed by atoms with Gasteiger partial charge >= 0.3 is 0 Å². The number of ether oxygens (including phenoxy) is 1. The normalized spacial score (nSPS) is 10.4. The lowest BCUT2D eigenvalue weighted by Crippen LogP contribution is -2.13. The summed E-state index contributed by atoms with van der Waals surface area (Å²) in [6, 6.07) is 3.52. The largest absolute Gasteiger partial charge is 0.495 e. The fourth-order valence-electron chi connectivity index (χ4n) is 1.86. The molecule has 0 fully saturated rings. The summed E-state index contributed by atoms with van der Waals surface area (Å²) in [5, 5.41) is 5.37. The average Bonchev–Trinajstić information content (AvgIpc) is 2.74. The molecule has 3 nitrogen and oxygen atoms in total. The molecular formula is C15H16ClNO2S. The van der Waals surface area contributed by atoms with Gasteiger partial charge in [-0.25, -0.2) is 0 Å². The van der Waals surface area contributed by atoms with Crippen molar-refractivity contribution in [2.75, 3.05) is 12.4 Å². The molecule has 0 radical (unpaired) electrons. The number of thiophene rings is 1. The van der Waals surface area contributed by atoms with E-state index in [9.17, 15) is 4.79 Å². The van der Waals surface area contributed by atoms with Crippen molar-refractivity contribution in [2.24, 2.45) is 0 Å². The Morgan fingerprint density at radius 3 is 2.55 bits per heavy atom. The van der Waals surface area contributed by atoms with Gasteiger partial charge in [0.25, 0.3) is 5.91 Å². The fraction of sp³-hybridized carbons (Fsp3) is 0.267. The summed E-state index contributed by atoms with van der Waals surface area (Å²) in [4.78, 5) is 13.5. The van der Waals surface area contributed by atoms with E-state index in [0.717, 1.165) is 16.0 Å². The lowest BCUT2D eigenvalue weighted by molar-refractivity contribution is 0.102. The summed E-state index contributed by atoms with van der Waals surface area (Å²) < 4.78 is 5.26. The molecule has 1 amide bonds. The number of aryl methyl sites for hydroxylation is 2. The number of amides is 1. The lowest BCUT2D eigenvalue weighted by Gasteiger charge is -2.12. The van der Waals surface area contributed by atoms with Crippen LogP contribution >= 0.6 is 22.9 Å². The topological polar surface area (TPSA) is 38.3 Å². The van der Waals surface area contributed by atoms with Gasteiger partial charge in [-0.1, -0.05) is 11.6 Å². The van der Waals surface area contributed by atoms with Crippen LogP contribution < -0.4 is 10.1 Å². The van der Waals surface area contributed by atoms with Crippen molar-refractivity contribution >= 4 is 34.5 Å². The summed E-state index contributed by atoms with van der Waals surface area (Å²) in [5.41, 5.74) is 3.22. The van der Waals surface area contributed by atoms with E-state index < -0.39 is 0 Å². The summed E-state index contributed by atoms with van der Waals surface area (Å²) in [7, 11) is 1.55. The number of methoxy groups -OCH3 is 1. The lowest BCUT2D eigenvalue weighted by atomic mass is 10.1. The van der Waals surface area contributed by atoms with Gasteiger partial charge in [0.05, 0.1) is 18.4 Å². The number of hydrogen-bond donors (Lipinski definition) is 1. The molecule has 0 spiro atoms. The smallest absolute Gasteiger partial charge is 0.256 e. The number of rotatable bonds is 3. The number of carbonyl (C=O) groups excluding carboxylic acids is 1. The fourth-order valence-corrected chi connectivity index (χ4v) is 2.88. The summed E-state index contributed by atoms with van der Waals surface area (Å²) in [5.74, 6) is 0.422. The summed E-state index contributed by atoms with van der Waals surface area (Å²) >= 11 is 7.63. The highest BCUT2D eigenvalue weighted by atomic mass is 35.5. The molecule has 2 aromatic rings. The molecule has 0 aliphatic rings. The Kier molecular flexibility index (Phi) is 4.35. The first-order valence-electron chi connectivity index (χ1n) is 6.14. The first-order chi connectivity index (χ1) is 9.43. The molecule has 1 heterocycles. The monoisotopic (exact) mass is 309 g/mol. The molecule has 1 aromatic carbocycles. The number of carbonyl (C=O) groups is 1. The van der Waals surface area contributed by atoms with Crippen LogP contribution in [0.3, 0.4) is 0 Å². The number of benzene rings is 1. The van der Waals surface area contributed by atoms with Gasteiger partial charge in [0, 0.05) is 21.3 Å². The van der Waals surface area contributed by atoms with Crippen LogP contribution in [0.2, 0.25) is 5.02 Å². The van der Waals surface area contributed by atoms with Gasteiger partial charge in [-0.3, -0.25) is 4.79 Å². The van der Waals surface area contributed by atoms with Gasteiger partial charge in [-0.15, -0.1) is 11.3 Å². The van der Waals surface area contributed by atoms with Crippen LogP contribution in [0.25, 0.3) is 0 Å². The van der Waals surface area contributed by atoms with Gasteiger partial charge in [0.1, 0.15) is 5.75 Å². The highest BCUT2D eigenvalue weighted by molar-refractivity contribution is 7.10. The van der Waals surface area contributed by atoms with E-state index in [1.54, 1.807) is 24.5 Å². The molecule has 1 aromatic heterocycles. The summed E-state index contributed by atoms with van der Waals surface area (Å²) in [6.07, 6.45) is 0. The Hall–Kier alpha value is -1.52. The number of anilines is 1. The molecule has 106 valence electrons. The van der Waals surface area contributed by atoms with Crippen LogP contribution in [0, 0.1) is 20.8 Å². The first-order valence-corrected chi connectivity index (χ1v) is 7.40. The van der Waals surface area contributed by atoms with Gasteiger partial charge in [0.2, 0.25) is 0 Å². The van der Waals surface area contributed by atoms with Crippen LogP contribution in [0.15, 0.2) is 17.5 Å². The second-order valence-electron chi connectivity index (χ2n) is 4.59. The summed E-state index contributed by atoms with van der Waals surface area (Å²) in [6.45, 7) is 5.84. The second kappa shape index (κ2) is 5.85. The number of hydrogen-bond acceptors (Lipinski definition) is 3. The zero-order valence-corrected chi connectivity index (χ0v) is 13.4. The molecule has 0 bridgehead atoms. The van der Waals surface area contributed by atoms with Gasteiger partial charge in [0.15, 0.2) is 0 Å². The van der Waals surface area contributed by atoms with E-state index in [4.69, 9.17) is 16.3 Å². The van der Waals surface area contributed by atoms with E-state index in [2.05, 4.69) is 5.32 Å². The van der Waals surface area contributed by atoms with Gasteiger partial charge < -0.3 is 10.1 Å². The predicted molar refractivity (Wildman–Crippen MR) is 84.5 cm³/mol. The number of halogens is 1. The molecular weight excluding hydrogens is 294 g/mol. The van der Waals surface area contributed by atoms with Gasteiger partial charge in [-0.05, 0) is 38.0 Å². The molecule has 2 rings (SSSR count). The van der Waals surface area contributed by atoms with Gasteiger partial charge in [-0.2, -0.15) is 0 Å². The minimum absolute atomic E-state index is 0.133. The van der Waals surface area contributed by atoms with Crippen LogP contribution in [0.1, 0.15) is 26.4 Å². The van der Waals surface area contributed by atoms with E-state index in [0.29, 0.717) is 22.0 Å². The Bertz CT molecular complexity index is 664. The maximum Gasteiger partial charge on any atom is 0.256 e. The minimum atomic E-state index is -0.133. The molecule has 5 heteroatoms. The van der Waals surface area contributed by atoms with Crippen molar-refractivity contribution in [3.8, 4) is 5.75 Å². The molecule has 20 heavy (non-hydrogen) atoms. The Labute approximate surface area is 127 Å². The van der Waals surface area contributed by atoms with E-state index in [-0.39, 0.29) is 5.91 Å². The third kappa shape index (κ3) is 2.81. The SMILES string of the molecule is COc1cc(Cl)c(C)cc1NC(=O)c1csc(C)c1C. The van der Waals surface area contributed by atoms with Crippen molar-refractivity contribution < 1.29 is 9.53 Å². The van der Waals surface area contributed by atoms with Crippen molar-refractivity contribution in [2.45, 2.75) is 20.8 Å². The van der Waals surface area contributed by atoms with E-state index in [1.807, 2.05) is 32.2 Å². The van der Waals surface area contributed by atoms with E-state index in [1.165, 1.54) is 0 Å². The molecule has 0 saturated heterocycles. The van der Waals surface area contributed by atoms with Crippen molar-refractivity contribution in [1.29, 1.82) is 0 Å². The standard InChI is InChI=1S/C15H16ClNO2S/c1-8-5-13(14(19-4)6-12(8)16)17-15(18)11-7-20-10(3)9(11)2/h5-7H,1-4H3,(H,17,18). The quantitative estimate of drug-likeness (QED) is 0.900. The molecule has 0 saturated carbocycles. The molecule has 1 N–H and O–H groups in total. The third-order valence-electron chi connectivity index (χ3n) is 3.26. The van der Waals surface area contributed by atoms with E-state index >= 15 is 0 Å². The van der Waals surface area contributed by atoms with Crippen LogP contribution in [-0.2, 0) is 0 Å². The number of nitrogens with one attached hydrogen (secondary N) is 1. The third-order valence-corrected chi connectivity index (χ3v) is 4.68. The molecule has 0 unspecified atom stereocenters. The van der Waals surface area contributed by atoms with Crippen molar-refractivity contribution in [1.82, 2.24) is 0 Å². The first kappa shape index (κ1) is 14.9. The maximum atomic E-state index is 12.3. The van der Waals surface area contributed by atoms with Crippen LogP contribution in [0.5, 0.6) is 5.75 Å². The predicted octanol–water partition coefficient (Wildman–Crippen LogP) is 4.59. The molecule has 0 aliphatic carbocycles. The average molecular weight is 310 g/mol. The molecule has 0 aliphatic heterocycles. The zero-order valence-electron chi connectivity index (χ0n) is 11.8. The highest BCUT2D eigenvalue weighted by Crippen LogP contribution is 2.31. The Morgan fingerprint density at radius 2 is 2.00 bits per heavy atom. The van der Waals surface area contributed by atoms with Crippen molar-refractivity contribution in [3.63, 3.8) is 0 Å². The molecule has 0 atom stereocenters. The second-order valence-corrected chi connectivity index (χ2v) is 6.08. The highest BCUT2D eigenvalue weighted by Gasteiger charge is 2.15. The Balaban J connectivity index is 2.32. The van der Waals surface area contributed by atoms with Crippen LogP contribution in [-0.4, -0.2) is 13.0 Å². The Morgan fingerprint density at radius 1 is 1.30 bits per heavy atom. The minimum Gasteiger partial charge on any atom is -0.495 e. The van der Waals surface area contributed by atoms with Crippen molar-refractivity contribution in [3.05, 3.63) is 44.1 Å². The zero-order chi connectivity index (χ0) is 14.9. The maximum absolute atomic E-state index is 12.3. The van der Waals surface area contributed by atoms with Crippen LogP contribution in [0.4, 0.5) is 5.69 Å².